The molecular weight excluding hydrogens is 390 g/mol. The van der Waals surface area contributed by atoms with Gasteiger partial charge in [0.15, 0.2) is 0 Å². The molecule has 7 heteroatoms. The number of rotatable bonds is 7. The van der Waals surface area contributed by atoms with E-state index >= 15 is 0 Å². The van der Waals surface area contributed by atoms with E-state index in [1.165, 1.54) is 6.33 Å². The van der Waals surface area contributed by atoms with E-state index in [4.69, 9.17) is 0 Å². The topological polar surface area (TPSA) is 75.4 Å². The standard InChI is InChI=1S/C24H27N5O2/c1-19-9-8-14-27(15-19)23-22(29(30)31)24(26-18-25-23)28(16-20-10-4-2-5-11-20)17-21-12-6-3-7-13-21/h2-7,10-13,18-19H,8-9,14-17H2,1H3. The van der Waals surface area contributed by atoms with Crippen LogP contribution in [-0.2, 0) is 13.1 Å². The summed E-state index contributed by atoms with van der Waals surface area (Å²) in [7, 11) is 0. The van der Waals surface area contributed by atoms with Crippen molar-refractivity contribution >= 4 is 17.3 Å². The van der Waals surface area contributed by atoms with Gasteiger partial charge in [0.05, 0.1) is 4.92 Å². The van der Waals surface area contributed by atoms with Crippen LogP contribution in [0.2, 0.25) is 0 Å². The molecule has 1 aliphatic rings. The molecule has 2 aromatic carbocycles. The number of piperidine rings is 1. The van der Waals surface area contributed by atoms with Crippen molar-refractivity contribution in [1.82, 2.24) is 9.97 Å². The molecule has 3 aromatic rings. The van der Waals surface area contributed by atoms with Gasteiger partial charge in [-0.05, 0) is 29.9 Å². The first kappa shape index (κ1) is 20.8. The molecule has 1 saturated heterocycles. The van der Waals surface area contributed by atoms with Gasteiger partial charge in [0.1, 0.15) is 6.33 Å². The Hall–Kier alpha value is -3.48. The third kappa shape index (κ3) is 4.99. The Bertz CT molecular complexity index is 971. The quantitative estimate of drug-likeness (QED) is 0.405. The summed E-state index contributed by atoms with van der Waals surface area (Å²) in [5.74, 6) is 1.27. The van der Waals surface area contributed by atoms with E-state index in [9.17, 15) is 10.1 Å². The Labute approximate surface area is 182 Å². The Morgan fingerprint density at radius 1 is 1.03 bits per heavy atom. The number of anilines is 2. The predicted molar refractivity (Wildman–Crippen MR) is 122 cm³/mol. The molecule has 0 aliphatic carbocycles. The number of nitro groups is 1. The summed E-state index contributed by atoms with van der Waals surface area (Å²) in [6.07, 6.45) is 3.60. The monoisotopic (exact) mass is 417 g/mol. The van der Waals surface area contributed by atoms with Crippen molar-refractivity contribution in [3.63, 3.8) is 0 Å². The van der Waals surface area contributed by atoms with Gasteiger partial charge in [-0.3, -0.25) is 10.1 Å². The van der Waals surface area contributed by atoms with Crippen molar-refractivity contribution in [2.75, 3.05) is 22.9 Å². The molecule has 0 saturated carbocycles. The zero-order valence-corrected chi connectivity index (χ0v) is 17.7. The fraction of sp³-hybridized carbons (Fsp3) is 0.333. The zero-order valence-electron chi connectivity index (χ0n) is 17.7. The zero-order chi connectivity index (χ0) is 21.6. The van der Waals surface area contributed by atoms with Crippen molar-refractivity contribution < 1.29 is 4.92 Å². The van der Waals surface area contributed by atoms with Crippen LogP contribution in [0.15, 0.2) is 67.0 Å². The minimum Gasteiger partial charge on any atom is -0.350 e. The number of benzene rings is 2. The molecule has 1 unspecified atom stereocenters. The van der Waals surface area contributed by atoms with Crippen molar-refractivity contribution in [2.45, 2.75) is 32.9 Å². The van der Waals surface area contributed by atoms with Gasteiger partial charge in [0.25, 0.3) is 0 Å². The maximum absolute atomic E-state index is 12.2. The lowest BCUT2D eigenvalue weighted by molar-refractivity contribution is -0.383. The van der Waals surface area contributed by atoms with Crippen molar-refractivity contribution in [3.05, 3.63) is 88.2 Å². The van der Waals surface area contributed by atoms with E-state index in [2.05, 4.69) is 16.9 Å². The fourth-order valence-corrected chi connectivity index (χ4v) is 4.18. The van der Waals surface area contributed by atoms with Crippen LogP contribution in [0.5, 0.6) is 0 Å². The van der Waals surface area contributed by atoms with Crippen LogP contribution in [-0.4, -0.2) is 28.0 Å². The van der Waals surface area contributed by atoms with Gasteiger partial charge >= 0.3 is 5.69 Å². The van der Waals surface area contributed by atoms with E-state index in [1.807, 2.05) is 70.5 Å². The lowest BCUT2D eigenvalue weighted by atomic mass is 10.0. The molecule has 0 bridgehead atoms. The highest BCUT2D eigenvalue weighted by atomic mass is 16.6. The number of nitrogens with zero attached hydrogens (tertiary/aromatic N) is 5. The van der Waals surface area contributed by atoms with Crippen LogP contribution in [0, 0.1) is 16.0 Å². The van der Waals surface area contributed by atoms with E-state index < -0.39 is 0 Å². The van der Waals surface area contributed by atoms with Crippen LogP contribution in [0.25, 0.3) is 0 Å². The van der Waals surface area contributed by atoms with Gasteiger partial charge in [-0.15, -0.1) is 0 Å². The third-order valence-electron chi connectivity index (χ3n) is 5.65. The van der Waals surface area contributed by atoms with Crippen molar-refractivity contribution in [1.29, 1.82) is 0 Å². The first-order valence-corrected chi connectivity index (χ1v) is 10.7. The van der Waals surface area contributed by atoms with Crippen LogP contribution in [0.1, 0.15) is 30.9 Å². The Morgan fingerprint density at radius 3 is 2.19 bits per heavy atom. The number of aromatic nitrogens is 2. The predicted octanol–water partition coefficient (Wildman–Crippen LogP) is 4.83. The van der Waals surface area contributed by atoms with E-state index in [-0.39, 0.29) is 10.6 Å². The molecule has 0 N–H and O–H groups in total. The van der Waals surface area contributed by atoms with E-state index in [0.29, 0.717) is 30.6 Å². The summed E-state index contributed by atoms with van der Waals surface area (Å²) in [5, 5.41) is 12.2. The van der Waals surface area contributed by atoms with Crippen molar-refractivity contribution in [3.8, 4) is 0 Å². The van der Waals surface area contributed by atoms with Crippen molar-refractivity contribution in [2.24, 2.45) is 5.92 Å². The average Bonchev–Trinajstić information content (AvgIpc) is 2.79. The molecule has 1 fully saturated rings. The van der Waals surface area contributed by atoms with Crippen LogP contribution >= 0.6 is 0 Å². The number of hydrogen-bond donors (Lipinski definition) is 0. The first-order chi connectivity index (χ1) is 15.1. The second-order valence-electron chi connectivity index (χ2n) is 8.15. The molecule has 1 atom stereocenters. The second-order valence-corrected chi connectivity index (χ2v) is 8.15. The van der Waals surface area contributed by atoms with Crippen LogP contribution < -0.4 is 9.80 Å². The summed E-state index contributed by atoms with van der Waals surface area (Å²) >= 11 is 0. The fourth-order valence-electron chi connectivity index (χ4n) is 4.18. The van der Waals surface area contributed by atoms with Crippen LogP contribution in [0.3, 0.4) is 0 Å². The minimum atomic E-state index is -0.326. The maximum Gasteiger partial charge on any atom is 0.353 e. The molecule has 31 heavy (non-hydrogen) atoms. The lowest BCUT2D eigenvalue weighted by Gasteiger charge is -2.32. The van der Waals surface area contributed by atoms with Gasteiger partial charge in [-0.1, -0.05) is 67.6 Å². The first-order valence-electron chi connectivity index (χ1n) is 10.7. The normalized spacial score (nSPS) is 16.2. The third-order valence-corrected chi connectivity index (χ3v) is 5.65. The largest absolute Gasteiger partial charge is 0.353 e. The highest BCUT2D eigenvalue weighted by Gasteiger charge is 2.31. The van der Waals surface area contributed by atoms with Gasteiger partial charge < -0.3 is 9.80 Å². The van der Waals surface area contributed by atoms with E-state index in [0.717, 1.165) is 37.1 Å². The summed E-state index contributed by atoms with van der Waals surface area (Å²) in [6.45, 7) is 4.76. The summed E-state index contributed by atoms with van der Waals surface area (Å²) in [4.78, 5) is 24.7. The average molecular weight is 418 g/mol. The molecule has 7 nitrogen and oxygen atoms in total. The highest BCUT2D eigenvalue weighted by Crippen LogP contribution is 2.37. The molecule has 4 rings (SSSR count). The molecule has 0 spiro atoms. The minimum absolute atomic E-state index is 0.0107. The Morgan fingerprint density at radius 2 is 1.65 bits per heavy atom. The maximum atomic E-state index is 12.2. The molecule has 160 valence electrons. The molecule has 1 aliphatic heterocycles. The molecule has 1 aromatic heterocycles. The smallest absolute Gasteiger partial charge is 0.350 e. The van der Waals surface area contributed by atoms with Gasteiger partial charge in [-0.2, -0.15) is 0 Å². The van der Waals surface area contributed by atoms with Gasteiger partial charge in [-0.25, -0.2) is 9.97 Å². The molecule has 2 heterocycles. The molecule has 0 radical (unpaired) electrons. The summed E-state index contributed by atoms with van der Waals surface area (Å²) in [5.41, 5.74) is 2.13. The summed E-state index contributed by atoms with van der Waals surface area (Å²) < 4.78 is 0. The Kier molecular flexibility index (Phi) is 6.40. The SMILES string of the molecule is CC1CCCN(c2ncnc(N(Cc3ccccc3)Cc3ccccc3)c2[N+](=O)[O-])C1. The lowest BCUT2D eigenvalue weighted by Crippen LogP contribution is -2.36. The van der Waals surface area contributed by atoms with Gasteiger partial charge in [0, 0.05) is 26.2 Å². The van der Waals surface area contributed by atoms with Gasteiger partial charge in [0.2, 0.25) is 11.6 Å². The Balaban J connectivity index is 1.76. The highest BCUT2D eigenvalue weighted by molar-refractivity contribution is 5.71. The number of hydrogen-bond acceptors (Lipinski definition) is 6. The molecule has 0 amide bonds. The second kappa shape index (κ2) is 9.55. The van der Waals surface area contributed by atoms with Crippen LogP contribution in [0.4, 0.5) is 17.3 Å². The summed E-state index contributed by atoms with van der Waals surface area (Å²) in [6, 6.07) is 19.9. The van der Waals surface area contributed by atoms with E-state index in [1.54, 1.807) is 0 Å². The molecular formula is C24H27N5O2.